The molecule has 0 heterocycles. The summed E-state index contributed by atoms with van der Waals surface area (Å²) < 4.78 is 0. The summed E-state index contributed by atoms with van der Waals surface area (Å²) in [5, 5.41) is 0. The molecule has 0 saturated heterocycles. The second-order valence-corrected chi connectivity index (χ2v) is 10.1. The van der Waals surface area contributed by atoms with E-state index in [4.69, 9.17) is 14.7 Å². The summed E-state index contributed by atoms with van der Waals surface area (Å²) in [6.07, 6.45) is 21.1. The molecule has 148 valence electrons. The monoisotopic (exact) mass is 364 g/mol. The zero-order chi connectivity index (χ0) is 18.1. The van der Waals surface area contributed by atoms with Crippen molar-refractivity contribution in [3.63, 3.8) is 0 Å². The molecule has 0 bridgehead atoms. The van der Waals surface area contributed by atoms with Crippen LogP contribution in [0.2, 0.25) is 0 Å². The van der Waals surface area contributed by atoms with Crippen LogP contribution >= 0.6 is 7.94 Å². The summed E-state index contributed by atoms with van der Waals surface area (Å²) in [6.45, 7) is 4.63. The van der Waals surface area contributed by atoms with Crippen LogP contribution in [-0.4, -0.2) is 20.8 Å². The molecule has 3 N–H and O–H groups in total. The van der Waals surface area contributed by atoms with Crippen molar-refractivity contribution < 1.29 is 14.7 Å². The van der Waals surface area contributed by atoms with Gasteiger partial charge >= 0.3 is 99.4 Å². The third-order valence-corrected chi connectivity index (χ3v) is 5.82. The normalized spacial score (nSPS) is 12.9. The van der Waals surface area contributed by atoms with Gasteiger partial charge in [0.2, 0.25) is 0 Å². The van der Waals surface area contributed by atoms with E-state index in [1.54, 1.807) is 0 Å². The Morgan fingerprint density at radius 2 is 0.792 bits per heavy atom. The van der Waals surface area contributed by atoms with Crippen LogP contribution in [0.1, 0.15) is 117 Å². The van der Waals surface area contributed by atoms with Gasteiger partial charge in [-0.1, -0.05) is 46.0 Å². The van der Waals surface area contributed by atoms with Crippen molar-refractivity contribution in [2.75, 3.05) is 6.16 Å². The predicted molar refractivity (Wildman–Crippen MR) is 109 cm³/mol. The van der Waals surface area contributed by atoms with Gasteiger partial charge in [0.1, 0.15) is 0 Å². The zero-order valence-electron chi connectivity index (χ0n) is 16.4. The Bertz CT molecular complexity index is 252. The second-order valence-electron chi connectivity index (χ2n) is 8.01. The van der Waals surface area contributed by atoms with Gasteiger partial charge in [0.05, 0.1) is 0 Å². The van der Waals surface area contributed by atoms with Gasteiger partial charge in [-0.3, -0.25) is 0 Å². The van der Waals surface area contributed by atoms with Gasteiger partial charge in [0.15, 0.2) is 0 Å². The summed E-state index contributed by atoms with van der Waals surface area (Å²) >= 11 is 0. The maximum absolute atomic E-state index is 8.90. The van der Waals surface area contributed by atoms with Crippen LogP contribution in [0.4, 0.5) is 0 Å². The third-order valence-electron chi connectivity index (χ3n) is 4.79. The van der Waals surface area contributed by atoms with E-state index in [0.717, 1.165) is 25.2 Å². The Hall–Kier alpha value is 0.310. The van der Waals surface area contributed by atoms with Crippen LogP contribution < -0.4 is 0 Å². The molecule has 0 amide bonds. The van der Waals surface area contributed by atoms with Crippen LogP contribution in [0.3, 0.4) is 0 Å². The maximum atomic E-state index is 8.90. The molecular weight excluding hydrogens is 319 g/mol. The van der Waals surface area contributed by atoms with Gasteiger partial charge in [-0.2, -0.15) is 0 Å². The fraction of sp³-hybridized carbons (Fsp3) is 1.00. The summed E-state index contributed by atoms with van der Waals surface area (Å²) in [5.41, 5.74) is 0. The predicted octanol–water partition coefficient (Wildman–Crippen LogP) is 6.36. The summed E-state index contributed by atoms with van der Waals surface area (Å²) in [5.74, 6) is 0.868. The quantitative estimate of drug-likeness (QED) is 0.196. The van der Waals surface area contributed by atoms with E-state index in [1.165, 1.54) is 83.5 Å². The van der Waals surface area contributed by atoms with Crippen molar-refractivity contribution in [2.24, 2.45) is 5.92 Å². The summed E-state index contributed by atoms with van der Waals surface area (Å²) in [6, 6.07) is 0. The Labute approximate surface area is 151 Å². The topological polar surface area (TPSA) is 60.7 Å². The molecule has 0 radical (unpaired) electrons. The molecule has 0 aromatic carbocycles. The standard InChI is InChI=1S/C20H45O3P/c1-20(2)18-16-14-12-10-8-6-4-3-5-7-9-11-13-15-17-19-24(21,22)23/h20-24H,3-19H2,1-2H3. The molecule has 0 fully saturated rings. The number of hydrogen-bond donors (Lipinski definition) is 3. The SMILES string of the molecule is CC(C)CCCCCCCCCCCCCCCCC[PH](O)(O)O. The molecule has 4 heteroatoms. The van der Waals surface area contributed by atoms with Crippen LogP contribution in [0.25, 0.3) is 0 Å². The molecule has 0 atom stereocenters. The molecule has 0 rings (SSSR count). The van der Waals surface area contributed by atoms with E-state index in [9.17, 15) is 0 Å². The van der Waals surface area contributed by atoms with Crippen LogP contribution in [0.5, 0.6) is 0 Å². The van der Waals surface area contributed by atoms with E-state index in [2.05, 4.69) is 13.8 Å². The average molecular weight is 365 g/mol. The Balaban J connectivity index is 3.03. The number of hydrogen-bond acceptors (Lipinski definition) is 3. The Morgan fingerprint density at radius 3 is 1.08 bits per heavy atom. The minimum atomic E-state index is -3.77. The van der Waals surface area contributed by atoms with Crippen molar-refractivity contribution in [3.05, 3.63) is 0 Å². The molecular formula is C20H45O3P. The molecule has 0 aliphatic heterocycles. The molecule has 0 spiro atoms. The molecule has 3 nitrogen and oxygen atoms in total. The van der Waals surface area contributed by atoms with E-state index < -0.39 is 7.94 Å². The Kier molecular flexibility index (Phi) is 17.0. The molecule has 0 aromatic heterocycles. The summed E-state index contributed by atoms with van der Waals surface area (Å²) in [4.78, 5) is 26.7. The van der Waals surface area contributed by atoms with Gasteiger partial charge in [-0.25, -0.2) is 0 Å². The molecule has 24 heavy (non-hydrogen) atoms. The van der Waals surface area contributed by atoms with E-state index in [-0.39, 0.29) is 6.16 Å². The van der Waals surface area contributed by atoms with Crippen molar-refractivity contribution in [2.45, 2.75) is 117 Å². The first-order valence-electron chi connectivity index (χ1n) is 10.6. The van der Waals surface area contributed by atoms with Crippen LogP contribution in [0, 0.1) is 5.92 Å². The van der Waals surface area contributed by atoms with Crippen molar-refractivity contribution >= 4 is 7.94 Å². The van der Waals surface area contributed by atoms with Gasteiger partial charge in [0, 0.05) is 0 Å². The van der Waals surface area contributed by atoms with Crippen LogP contribution in [0.15, 0.2) is 0 Å². The van der Waals surface area contributed by atoms with Gasteiger partial charge in [-0.15, -0.1) is 0 Å². The third kappa shape index (κ3) is 22.3. The second kappa shape index (κ2) is 16.8. The molecule has 0 unspecified atom stereocenters. The number of unbranched alkanes of at least 4 members (excludes halogenated alkanes) is 14. The van der Waals surface area contributed by atoms with Gasteiger partial charge < -0.3 is 0 Å². The zero-order valence-corrected chi connectivity index (χ0v) is 17.4. The first-order valence-corrected chi connectivity index (χ1v) is 12.6. The van der Waals surface area contributed by atoms with E-state index >= 15 is 0 Å². The van der Waals surface area contributed by atoms with E-state index in [1.807, 2.05) is 0 Å². The molecule has 0 aliphatic rings. The fourth-order valence-corrected chi connectivity index (χ4v) is 3.94. The van der Waals surface area contributed by atoms with Crippen LogP contribution in [-0.2, 0) is 0 Å². The Morgan fingerprint density at radius 1 is 0.500 bits per heavy atom. The van der Waals surface area contributed by atoms with E-state index in [0.29, 0.717) is 0 Å². The first-order chi connectivity index (χ1) is 11.4. The fourth-order valence-electron chi connectivity index (χ4n) is 3.21. The average Bonchev–Trinajstić information content (AvgIpc) is 2.49. The molecule has 0 aliphatic carbocycles. The molecule has 0 aromatic rings. The molecule has 0 saturated carbocycles. The van der Waals surface area contributed by atoms with Gasteiger partial charge in [-0.05, 0) is 5.92 Å². The minimum absolute atomic E-state index is 0.199. The van der Waals surface area contributed by atoms with Gasteiger partial charge in [0.25, 0.3) is 0 Å². The van der Waals surface area contributed by atoms with Crippen molar-refractivity contribution in [1.29, 1.82) is 0 Å². The van der Waals surface area contributed by atoms with Crippen molar-refractivity contribution in [3.8, 4) is 0 Å². The summed E-state index contributed by atoms with van der Waals surface area (Å²) in [7, 11) is -3.77. The number of rotatable bonds is 18. The van der Waals surface area contributed by atoms with Crippen molar-refractivity contribution in [1.82, 2.24) is 0 Å². The first kappa shape index (κ1) is 24.3.